The first-order chi connectivity index (χ1) is 19.6. The topological polar surface area (TPSA) is 96.0 Å². The van der Waals surface area contributed by atoms with Gasteiger partial charge in [-0.05, 0) is 60.4 Å². The molecule has 0 unspecified atom stereocenters. The second-order valence-electron chi connectivity index (χ2n) is 10.3. The van der Waals surface area contributed by atoms with Gasteiger partial charge in [-0.3, -0.25) is 13.9 Å². The minimum Gasteiger partial charge on any atom is -0.497 e. The first-order valence-corrected chi connectivity index (χ1v) is 15.9. The molecule has 1 N–H and O–H groups in total. The third kappa shape index (κ3) is 8.47. The number of halogens is 1. The summed E-state index contributed by atoms with van der Waals surface area (Å²) in [6, 6.07) is 22.2. The number of carbonyl (C=O) groups is 2. The van der Waals surface area contributed by atoms with Gasteiger partial charge in [0, 0.05) is 24.0 Å². The van der Waals surface area contributed by atoms with Gasteiger partial charge in [0.2, 0.25) is 21.8 Å². The molecule has 8 nitrogen and oxygen atoms in total. The molecule has 0 bridgehead atoms. The third-order valence-electron chi connectivity index (χ3n) is 7.25. The van der Waals surface area contributed by atoms with Crippen LogP contribution in [0.3, 0.4) is 0 Å². The lowest BCUT2D eigenvalue weighted by atomic mass is 10.0. The van der Waals surface area contributed by atoms with E-state index in [4.69, 9.17) is 16.3 Å². The number of sulfonamides is 1. The van der Waals surface area contributed by atoms with Crippen LogP contribution in [-0.2, 0) is 32.6 Å². The number of nitrogens with one attached hydrogen (secondary N) is 1. The van der Waals surface area contributed by atoms with Gasteiger partial charge in [-0.2, -0.15) is 0 Å². The highest BCUT2D eigenvalue weighted by Crippen LogP contribution is 2.24. The van der Waals surface area contributed by atoms with E-state index >= 15 is 0 Å². The predicted molar refractivity (Wildman–Crippen MR) is 162 cm³/mol. The zero-order valence-electron chi connectivity index (χ0n) is 23.3. The summed E-state index contributed by atoms with van der Waals surface area (Å²) in [5, 5.41) is 3.60. The number of anilines is 1. The Balaban J connectivity index is 1.73. The van der Waals surface area contributed by atoms with Crippen molar-refractivity contribution < 1.29 is 22.7 Å². The molecule has 0 aromatic heterocycles. The van der Waals surface area contributed by atoms with Crippen molar-refractivity contribution in [2.75, 3.05) is 24.2 Å². The molecule has 218 valence electrons. The van der Waals surface area contributed by atoms with Crippen LogP contribution in [0.2, 0.25) is 5.02 Å². The Bertz CT molecular complexity index is 1430. The summed E-state index contributed by atoms with van der Waals surface area (Å²) < 4.78 is 32.2. The fraction of sp³-hybridized carbons (Fsp3) is 0.355. The Labute approximate surface area is 247 Å². The monoisotopic (exact) mass is 597 g/mol. The molecule has 4 rings (SSSR count). The van der Waals surface area contributed by atoms with Gasteiger partial charge in [-0.25, -0.2) is 8.42 Å². The molecule has 1 fully saturated rings. The van der Waals surface area contributed by atoms with Crippen LogP contribution in [0.15, 0.2) is 78.9 Å². The highest BCUT2D eigenvalue weighted by Gasteiger charge is 2.34. The molecule has 2 amide bonds. The van der Waals surface area contributed by atoms with Crippen LogP contribution in [0.4, 0.5) is 5.69 Å². The zero-order chi connectivity index (χ0) is 29.4. The maximum Gasteiger partial charge on any atom is 0.244 e. The van der Waals surface area contributed by atoms with Gasteiger partial charge in [0.05, 0.1) is 19.1 Å². The molecule has 0 radical (unpaired) electrons. The van der Waals surface area contributed by atoms with E-state index in [2.05, 4.69) is 5.32 Å². The Morgan fingerprint density at radius 1 is 0.976 bits per heavy atom. The Kier molecular flexibility index (Phi) is 10.3. The number of methoxy groups -OCH3 is 1. The molecule has 10 heteroatoms. The average molecular weight is 598 g/mol. The van der Waals surface area contributed by atoms with E-state index in [1.807, 2.05) is 48.5 Å². The normalized spacial score (nSPS) is 14.3. The SMILES string of the molecule is COc1cccc(CN(C(=O)CN(c2ccc(Cl)cc2)S(C)(=O)=O)[C@@H](Cc2ccccc2)C(=O)NC2CCCC2)c1. The summed E-state index contributed by atoms with van der Waals surface area (Å²) in [5.74, 6) is -0.145. The fourth-order valence-electron chi connectivity index (χ4n) is 5.11. The van der Waals surface area contributed by atoms with Crippen molar-refractivity contribution in [3.05, 3.63) is 95.0 Å². The van der Waals surface area contributed by atoms with Gasteiger partial charge >= 0.3 is 0 Å². The van der Waals surface area contributed by atoms with Crippen molar-refractivity contribution in [2.45, 2.75) is 50.7 Å². The molecule has 1 aliphatic carbocycles. The van der Waals surface area contributed by atoms with Crippen LogP contribution in [0.25, 0.3) is 0 Å². The summed E-state index contributed by atoms with van der Waals surface area (Å²) in [6.45, 7) is -0.393. The number of ether oxygens (including phenoxy) is 1. The van der Waals surface area contributed by atoms with Gasteiger partial charge in [0.15, 0.2) is 0 Å². The van der Waals surface area contributed by atoms with Crippen LogP contribution < -0.4 is 14.4 Å². The first kappa shape index (κ1) is 30.4. The molecule has 3 aromatic carbocycles. The van der Waals surface area contributed by atoms with Crippen LogP contribution in [0, 0.1) is 0 Å². The molecular formula is C31H36ClN3O5S. The van der Waals surface area contributed by atoms with Crippen molar-refractivity contribution in [1.82, 2.24) is 10.2 Å². The molecule has 0 aliphatic heterocycles. The first-order valence-electron chi connectivity index (χ1n) is 13.6. The van der Waals surface area contributed by atoms with E-state index in [0.29, 0.717) is 16.5 Å². The van der Waals surface area contributed by atoms with E-state index in [1.54, 1.807) is 37.4 Å². The molecule has 1 atom stereocenters. The molecule has 3 aromatic rings. The van der Waals surface area contributed by atoms with Crippen LogP contribution in [0.1, 0.15) is 36.8 Å². The van der Waals surface area contributed by atoms with Gasteiger partial charge in [-0.1, -0.05) is 66.9 Å². The number of carbonyl (C=O) groups excluding carboxylic acids is 2. The van der Waals surface area contributed by atoms with Crippen LogP contribution in [0.5, 0.6) is 5.75 Å². The van der Waals surface area contributed by atoms with Crippen LogP contribution >= 0.6 is 11.6 Å². The number of benzene rings is 3. The predicted octanol–water partition coefficient (Wildman–Crippen LogP) is 4.81. The molecule has 0 saturated heterocycles. The number of rotatable bonds is 12. The van der Waals surface area contributed by atoms with E-state index in [9.17, 15) is 18.0 Å². The highest BCUT2D eigenvalue weighted by molar-refractivity contribution is 7.92. The largest absolute Gasteiger partial charge is 0.497 e. The van der Waals surface area contributed by atoms with Crippen molar-refractivity contribution in [3.63, 3.8) is 0 Å². The smallest absolute Gasteiger partial charge is 0.244 e. The Morgan fingerprint density at radius 3 is 2.27 bits per heavy atom. The Hall–Kier alpha value is -3.56. The third-order valence-corrected chi connectivity index (χ3v) is 8.65. The Morgan fingerprint density at radius 2 is 1.63 bits per heavy atom. The highest BCUT2D eigenvalue weighted by atomic mass is 35.5. The van der Waals surface area contributed by atoms with Crippen molar-refractivity contribution >= 4 is 39.1 Å². The quantitative estimate of drug-likeness (QED) is 0.323. The minimum absolute atomic E-state index is 0.0520. The van der Waals surface area contributed by atoms with Crippen LogP contribution in [-0.4, -0.2) is 57.1 Å². The van der Waals surface area contributed by atoms with Gasteiger partial charge < -0.3 is 15.0 Å². The zero-order valence-corrected chi connectivity index (χ0v) is 24.9. The van der Waals surface area contributed by atoms with E-state index in [0.717, 1.165) is 47.4 Å². The van der Waals surface area contributed by atoms with Crippen molar-refractivity contribution in [1.29, 1.82) is 0 Å². The second-order valence-corrected chi connectivity index (χ2v) is 12.7. The molecule has 0 heterocycles. The second kappa shape index (κ2) is 13.9. The average Bonchev–Trinajstić information content (AvgIpc) is 3.47. The molecule has 41 heavy (non-hydrogen) atoms. The van der Waals surface area contributed by atoms with Crippen molar-refractivity contribution in [3.8, 4) is 5.75 Å². The maximum absolute atomic E-state index is 14.2. The number of amides is 2. The number of hydrogen-bond acceptors (Lipinski definition) is 5. The molecule has 0 spiro atoms. The van der Waals surface area contributed by atoms with Crippen molar-refractivity contribution in [2.24, 2.45) is 0 Å². The van der Waals surface area contributed by atoms with Gasteiger partial charge in [-0.15, -0.1) is 0 Å². The van der Waals surface area contributed by atoms with Gasteiger partial charge in [0.1, 0.15) is 18.3 Å². The van der Waals surface area contributed by atoms with E-state index < -0.39 is 28.5 Å². The molecular weight excluding hydrogens is 562 g/mol. The minimum atomic E-state index is -3.84. The summed E-state index contributed by atoms with van der Waals surface area (Å²) in [4.78, 5) is 29.5. The standard InChI is InChI=1S/C31H36ClN3O5S/c1-40-28-14-8-11-24(19-28)21-34(30(36)22-35(41(2,38)39)27-17-15-25(32)16-18-27)29(20-23-9-4-3-5-10-23)31(37)33-26-12-6-7-13-26/h3-5,8-11,14-19,26,29H,6-7,12-13,20-22H2,1-2H3,(H,33,37)/t29-/m0/s1. The van der Waals surface area contributed by atoms with E-state index in [1.165, 1.54) is 4.90 Å². The lowest BCUT2D eigenvalue weighted by Crippen LogP contribution is -2.54. The summed E-state index contributed by atoms with van der Waals surface area (Å²) in [7, 11) is -2.28. The number of hydrogen-bond donors (Lipinski definition) is 1. The molecule has 1 aliphatic rings. The lowest BCUT2D eigenvalue weighted by molar-refractivity contribution is -0.140. The summed E-state index contributed by atoms with van der Waals surface area (Å²) in [6.07, 6.45) is 5.21. The van der Waals surface area contributed by atoms with E-state index in [-0.39, 0.29) is 24.9 Å². The summed E-state index contributed by atoms with van der Waals surface area (Å²) >= 11 is 6.03. The molecule has 1 saturated carbocycles. The lowest BCUT2D eigenvalue weighted by Gasteiger charge is -2.34. The van der Waals surface area contributed by atoms with Gasteiger partial charge in [0.25, 0.3) is 0 Å². The summed E-state index contributed by atoms with van der Waals surface area (Å²) in [5.41, 5.74) is 1.95. The maximum atomic E-state index is 14.2. The number of nitrogens with zero attached hydrogens (tertiary/aromatic N) is 2. The fourth-order valence-corrected chi connectivity index (χ4v) is 6.09.